The van der Waals surface area contributed by atoms with Gasteiger partial charge in [-0.2, -0.15) is 0 Å². The summed E-state index contributed by atoms with van der Waals surface area (Å²) in [6.07, 6.45) is 1.67. The Balaban J connectivity index is 1.72. The number of hydrogen-bond donors (Lipinski definition) is 1. The van der Waals surface area contributed by atoms with Crippen molar-refractivity contribution in [3.05, 3.63) is 83.4 Å². The molecule has 0 fully saturated rings. The van der Waals surface area contributed by atoms with Crippen LogP contribution in [0.4, 0.5) is 0 Å². The monoisotopic (exact) mass is 352 g/mol. The molecule has 0 amide bonds. The predicted molar refractivity (Wildman–Crippen MR) is 104 cm³/mol. The van der Waals surface area contributed by atoms with Crippen LogP contribution >= 0.6 is 0 Å². The molecule has 0 aromatic heterocycles. The molecule has 0 spiro atoms. The van der Waals surface area contributed by atoms with E-state index in [0.717, 1.165) is 17.5 Å². The second kappa shape index (κ2) is 9.13. The van der Waals surface area contributed by atoms with Crippen molar-refractivity contribution in [2.45, 2.75) is 51.8 Å². The molecular formula is C23H28O3. The van der Waals surface area contributed by atoms with Crippen LogP contribution in [0.15, 0.2) is 72.3 Å². The zero-order valence-electron chi connectivity index (χ0n) is 15.5. The van der Waals surface area contributed by atoms with Gasteiger partial charge in [0.05, 0.1) is 19.3 Å². The van der Waals surface area contributed by atoms with Crippen LogP contribution in [0, 0.1) is 5.92 Å². The van der Waals surface area contributed by atoms with E-state index in [1.54, 1.807) is 0 Å². The summed E-state index contributed by atoms with van der Waals surface area (Å²) in [6, 6.07) is 20.2. The lowest BCUT2D eigenvalue weighted by Gasteiger charge is -2.39. The second-order valence-electron chi connectivity index (χ2n) is 6.90. The molecule has 138 valence electrons. The lowest BCUT2D eigenvalue weighted by molar-refractivity contribution is -0.140. The average Bonchev–Trinajstić information content (AvgIpc) is 2.69. The maximum Gasteiger partial charge on any atom is 0.114 e. The summed E-state index contributed by atoms with van der Waals surface area (Å²) >= 11 is 0. The van der Waals surface area contributed by atoms with Crippen molar-refractivity contribution in [2.24, 2.45) is 5.92 Å². The summed E-state index contributed by atoms with van der Waals surface area (Å²) in [5, 5.41) is 10.7. The van der Waals surface area contributed by atoms with E-state index in [1.807, 2.05) is 54.6 Å². The molecule has 0 saturated carbocycles. The van der Waals surface area contributed by atoms with E-state index in [0.29, 0.717) is 13.2 Å². The molecule has 3 heteroatoms. The van der Waals surface area contributed by atoms with E-state index in [2.05, 4.69) is 26.0 Å². The highest BCUT2D eigenvalue weighted by Gasteiger charge is 2.38. The van der Waals surface area contributed by atoms with Gasteiger partial charge in [-0.05, 0) is 17.5 Å². The van der Waals surface area contributed by atoms with E-state index in [4.69, 9.17) is 9.47 Å². The van der Waals surface area contributed by atoms with Crippen LogP contribution in [0.1, 0.15) is 31.4 Å². The normalized spacial score (nSPS) is 25.7. The minimum atomic E-state index is -0.648. The van der Waals surface area contributed by atoms with Crippen LogP contribution in [-0.4, -0.2) is 23.4 Å². The molecule has 26 heavy (non-hydrogen) atoms. The van der Waals surface area contributed by atoms with Gasteiger partial charge in [0.2, 0.25) is 0 Å². The molecule has 0 radical (unpaired) electrons. The molecule has 0 saturated heterocycles. The molecule has 0 unspecified atom stereocenters. The summed E-state index contributed by atoms with van der Waals surface area (Å²) in [5.41, 5.74) is 3.46. The van der Waals surface area contributed by atoms with Crippen LogP contribution in [0.5, 0.6) is 0 Å². The van der Waals surface area contributed by atoms with Crippen molar-refractivity contribution in [3.8, 4) is 0 Å². The van der Waals surface area contributed by atoms with Crippen LogP contribution in [0.2, 0.25) is 0 Å². The fraction of sp³-hybridized carbons (Fsp3) is 0.391. The summed E-state index contributed by atoms with van der Waals surface area (Å²) in [4.78, 5) is 0. The summed E-state index contributed by atoms with van der Waals surface area (Å²) in [5.74, 6) is 0.216. The van der Waals surface area contributed by atoms with E-state index in [-0.39, 0.29) is 18.1 Å². The number of aliphatic hydroxyl groups is 1. The maximum atomic E-state index is 10.7. The van der Waals surface area contributed by atoms with Gasteiger partial charge in [0.15, 0.2) is 0 Å². The highest BCUT2D eigenvalue weighted by atomic mass is 16.5. The molecule has 2 aromatic rings. The molecule has 1 aliphatic carbocycles. The van der Waals surface area contributed by atoms with Crippen LogP contribution in [-0.2, 0) is 22.7 Å². The Bertz CT molecular complexity index is 696. The molecule has 0 heterocycles. The Morgan fingerprint density at radius 1 is 0.808 bits per heavy atom. The third kappa shape index (κ3) is 4.61. The molecule has 0 aliphatic heterocycles. The maximum absolute atomic E-state index is 10.7. The summed E-state index contributed by atoms with van der Waals surface area (Å²) in [7, 11) is 0. The SMILES string of the molecule is CCC1=C[C@H](O)[C@H](OCc2ccccc2)[C@@H](OCc2ccccc2)[C@@H]1C. The Morgan fingerprint density at radius 2 is 1.31 bits per heavy atom. The van der Waals surface area contributed by atoms with Gasteiger partial charge < -0.3 is 14.6 Å². The van der Waals surface area contributed by atoms with Gasteiger partial charge in [0, 0.05) is 5.92 Å². The first-order valence-electron chi connectivity index (χ1n) is 9.38. The molecular weight excluding hydrogens is 324 g/mol. The lowest BCUT2D eigenvalue weighted by Crippen LogP contribution is -2.47. The van der Waals surface area contributed by atoms with E-state index in [1.165, 1.54) is 5.57 Å². The van der Waals surface area contributed by atoms with Gasteiger partial charge >= 0.3 is 0 Å². The van der Waals surface area contributed by atoms with Crippen LogP contribution < -0.4 is 0 Å². The Morgan fingerprint density at radius 3 is 1.81 bits per heavy atom. The van der Waals surface area contributed by atoms with Gasteiger partial charge in [0.25, 0.3) is 0 Å². The van der Waals surface area contributed by atoms with Crippen molar-refractivity contribution in [3.63, 3.8) is 0 Å². The third-order valence-corrected chi connectivity index (χ3v) is 5.10. The van der Waals surface area contributed by atoms with Crippen LogP contribution in [0.25, 0.3) is 0 Å². The number of hydrogen-bond acceptors (Lipinski definition) is 3. The van der Waals surface area contributed by atoms with Gasteiger partial charge in [-0.1, -0.05) is 86.2 Å². The fourth-order valence-electron chi connectivity index (χ4n) is 3.56. The standard InChI is InChI=1S/C23H28O3/c1-3-20-14-21(24)23(26-16-19-12-8-5-9-13-19)22(17(20)2)25-15-18-10-6-4-7-11-18/h4-14,17,21-24H,3,15-16H2,1-2H3/t17-,21+,22+,23+/m1/s1. The number of aliphatic hydroxyl groups excluding tert-OH is 1. The van der Waals surface area contributed by atoms with Crippen molar-refractivity contribution >= 4 is 0 Å². The third-order valence-electron chi connectivity index (χ3n) is 5.10. The van der Waals surface area contributed by atoms with Crippen LogP contribution in [0.3, 0.4) is 0 Å². The lowest BCUT2D eigenvalue weighted by atomic mass is 9.82. The highest BCUT2D eigenvalue weighted by molar-refractivity contribution is 5.19. The molecule has 0 bridgehead atoms. The largest absolute Gasteiger partial charge is 0.386 e. The van der Waals surface area contributed by atoms with Gasteiger partial charge in [0.1, 0.15) is 12.2 Å². The second-order valence-corrected chi connectivity index (χ2v) is 6.90. The minimum Gasteiger partial charge on any atom is -0.386 e. The van der Waals surface area contributed by atoms with Crippen molar-refractivity contribution < 1.29 is 14.6 Å². The van der Waals surface area contributed by atoms with E-state index >= 15 is 0 Å². The zero-order chi connectivity index (χ0) is 18.4. The molecule has 3 nitrogen and oxygen atoms in total. The molecule has 1 N–H and O–H groups in total. The molecule has 4 atom stereocenters. The first kappa shape index (κ1) is 18.8. The smallest absolute Gasteiger partial charge is 0.114 e. The summed E-state index contributed by atoms with van der Waals surface area (Å²) < 4.78 is 12.4. The molecule has 2 aromatic carbocycles. The Kier molecular flexibility index (Phi) is 6.62. The topological polar surface area (TPSA) is 38.7 Å². The number of rotatable bonds is 7. The number of benzene rings is 2. The van der Waals surface area contributed by atoms with Gasteiger partial charge in [-0.3, -0.25) is 0 Å². The fourth-order valence-corrected chi connectivity index (χ4v) is 3.56. The van der Waals surface area contributed by atoms with Crippen molar-refractivity contribution in [1.29, 1.82) is 0 Å². The van der Waals surface area contributed by atoms with E-state index < -0.39 is 6.10 Å². The predicted octanol–water partition coefficient (Wildman–Crippen LogP) is 4.50. The first-order chi connectivity index (χ1) is 12.7. The molecule has 1 aliphatic rings. The van der Waals surface area contributed by atoms with E-state index in [9.17, 15) is 5.11 Å². The van der Waals surface area contributed by atoms with Crippen molar-refractivity contribution in [2.75, 3.05) is 0 Å². The Labute approximate surface area is 156 Å². The minimum absolute atomic E-state index is 0.172. The van der Waals surface area contributed by atoms with Gasteiger partial charge in [-0.15, -0.1) is 0 Å². The van der Waals surface area contributed by atoms with Gasteiger partial charge in [-0.25, -0.2) is 0 Å². The number of ether oxygens (including phenoxy) is 2. The molecule has 3 rings (SSSR count). The quantitative estimate of drug-likeness (QED) is 0.746. The Hall–Kier alpha value is -1.94. The highest BCUT2D eigenvalue weighted by Crippen LogP contribution is 2.32. The first-order valence-corrected chi connectivity index (χ1v) is 9.38. The van der Waals surface area contributed by atoms with Crippen molar-refractivity contribution in [1.82, 2.24) is 0 Å². The zero-order valence-corrected chi connectivity index (χ0v) is 15.5. The average molecular weight is 352 g/mol. The summed E-state index contributed by atoms with van der Waals surface area (Å²) in [6.45, 7) is 5.27.